The van der Waals surface area contributed by atoms with Crippen LogP contribution in [0.4, 0.5) is 13.2 Å². The van der Waals surface area contributed by atoms with E-state index in [1.54, 1.807) is 7.05 Å². The van der Waals surface area contributed by atoms with Crippen LogP contribution in [0.2, 0.25) is 0 Å². The maximum atomic E-state index is 12.6. The van der Waals surface area contributed by atoms with Crippen LogP contribution in [-0.4, -0.2) is 56.9 Å². The van der Waals surface area contributed by atoms with Gasteiger partial charge in [0.05, 0.1) is 0 Å². The molecular formula is C18H28F3IN4O2S. The Kier molecular flexibility index (Phi) is 10.2. The highest BCUT2D eigenvalue weighted by Crippen LogP contribution is 2.28. The monoisotopic (exact) mass is 548 g/mol. The number of aryl methyl sites for hydroxylation is 1. The minimum absolute atomic E-state index is 0. The van der Waals surface area contributed by atoms with Gasteiger partial charge in [0, 0.05) is 32.7 Å². The summed E-state index contributed by atoms with van der Waals surface area (Å²) in [5.74, 6) is 0.558. The summed E-state index contributed by atoms with van der Waals surface area (Å²) in [4.78, 5) is 4.13. The van der Waals surface area contributed by atoms with Crippen molar-refractivity contribution in [2.45, 2.75) is 44.2 Å². The van der Waals surface area contributed by atoms with E-state index in [0.717, 1.165) is 12.8 Å². The summed E-state index contributed by atoms with van der Waals surface area (Å²) in [6, 6.07) is 8.26. The predicted octanol–water partition coefficient (Wildman–Crippen LogP) is 2.89. The van der Waals surface area contributed by atoms with Crippen LogP contribution in [0.3, 0.4) is 0 Å². The molecule has 0 amide bonds. The Balaban J connectivity index is 0.00000420. The molecule has 1 aromatic rings. The summed E-state index contributed by atoms with van der Waals surface area (Å²) >= 11 is 0. The Bertz CT molecular complexity index is 762. The van der Waals surface area contributed by atoms with Crippen molar-refractivity contribution in [2.75, 3.05) is 26.7 Å². The minimum atomic E-state index is -5.25. The van der Waals surface area contributed by atoms with E-state index in [0.29, 0.717) is 16.8 Å². The first-order valence-corrected chi connectivity index (χ1v) is 10.7. The minimum Gasteiger partial charge on any atom is -0.356 e. The lowest BCUT2D eigenvalue weighted by Crippen LogP contribution is -2.51. The van der Waals surface area contributed by atoms with E-state index >= 15 is 0 Å². The first-order valence-electron chi connectivity index (χ1n) is 9.28. The van der Waals surface area contributed by atoms with Gasteiger partial charge in [-0.25, -0.2) is 8.42 Å². The van der Waals surface area contributed by atoms with Gasteiger partial charge in [0.1, 0.15) is 0 Å². The summed E-state index contributed by atoms with van der Waals surface area (Å²) in [5, 5.41) is 6.34. The van der Waals surface area contributed by atoms with E-state index in [9.17, 15) is 21.6 Å². The number of nitrogens with zero attached hydrogens (tertiary/aromatic N) is 2. The highest BCUT2D eigenvalue weighted by Gasteiger charge is 2.50. The lowest BCUT2D eigenvalue weighted by Gasteiger charge is -2.32. The van der Waals surface area contributed by atoms with Gasteiger partial charge in [-0.1, -0.05) is 31.2 Å². The lowest BCUT2D eigenvalue weighted by atomic mass is 10.1. The second-order valence-corrected chi connectivity index (χ2v) is 8.62. The quantitative estimate of drug-likeness (QED) is 0.326. The van der Waals surface area contributed by atoms with Crippen LogP contribution in [-0.2, 0) is 22.9 Å². The molecule has 2 N–H and O–H groups in total. The second kappa shape index (κ2) is 11.3. The molecule has 1 aromatic carbocycles. The van der Waals surface area contributed by atoms with Crippen LogP contribution in [0.15, 0.2) is 29.3 Å². The number of rotatable bonds is 6. The molecule has 0 aliphatic carbocycles. The van der Waals surface area contributed by atoms with Crippen molar-refractivity contribution in [1.82, 2.24) is 14.9 Å². The van der Waals surface area contributed by atoms with Gasteiger partial charge >= 0.3 is 15.5 Å². The average Bonchev–Trinajstić information content (AvgIpc) is 2.67. The van der Waals surface area contributed by atoms with Gasteiger partial charge in [-0.3, -0.25) is 4.99 Å². The molecule has 29 heavy (non-hydrogen) atoms. The Labute approximate surface area is 187 Å². The van der Waals surface area contributed by atoms with Crippen LogP contribution in [0.25, 0.3) is 0 Å². The first kappa shape index (κ1) is 26.0. The molecule has 0 bridgehead atoms. The van der Waals surface area contributed by atoms with Crippen LogP contribution >= 0.6 is 24.0 Å². The number of benzene rings is 1. The van der Waals surface area contributed by atoms with E-state index in [-0.39, 0.29) is 55.9 Å². The maximum Gasteiger partial charge on any atom is 0.511 e. The fraction of sp³-hybridized carbons (Fsp3) is 0.611. The number of guanidine groups is 1. The molecule has 11 heteroatoms. The number of aliphatic imine (C=N–C) groups is 1. The van der Waals surface area contributed by atoms with Gasteiger partial charge in [-0.2, -0.15) is 17.5 Å². The molecule has 1 aliphatic heterocycles. The summed E-state index contributed by atoms with van der Waals surface area (Å²) < 4.78 is 61.3. The SMILES string of the molecule is CCc1ccc(CCNC(=NC)NC2CCN(S(=O)(=O)C(F)(F)F)CC2)cc1.I. The number of hydrogen-bond donors (Lipinski definition) is 2. The van der Waals surface area contributed by atoms with Crippen LogP contribution < -0.4 is 10.6 Å². The highest BCUT2D eigenvalue weighted by molar-refractivity contribution is 14.0. The van der Waals surface area contributed by atoms with E-state index in [2.05, 4.69) is 46.8 Å². The fourth-order valence-electron chi connectivity index (χ4n) is 3.04. The van der Waals surface area contributed by atoms with Crippen molar-refractivity contribution in [3.63, 3.8) is 0 Å². The Morgan fingerprint density at radius 1 is 1.17 bits per heavy atom. The van der Waals surface area contributed by atoms with E-state index in [1.165, 1.54) is 11.1 Å². The average molecular weight is 548 g/mol. The fourth-order valence-corrected chi connectivity index (χ4v) is 4.03. The number of alkyl halides is 3. The third-order valence-electron chi connectivity index (χ3n) is 4.79. The van der Waals surface area contributed by atoms with Gasteiger partial charge in [0.25, 0.3) is 0 Å². The summed E-state index contributed by atoms with van der Waals surface area (Å²) in [7, 11) is -3.63. The van der Waals surface area contributed by atoms with E-state index < -0.39 is 15.5 Å². The summed E-state index contributed by atoms with van der Waals surface area (Å²) in [5.41, 5.74) is -2.76. The van der Waals surface area contributed by atoms with Crippen LogP contribution in [0, 0.1) is 0 Å². The molecule has 1 saturated heterocycles. The molecule has 0 saturated carbocycles. The number of sulfonamides is 1. The maximum absolute atomic E-state index is 12.6. The third-order valence-corrected chi connectivity index (χ3v) is 6.42. The molecule has 1 aliphatic rings. The largest absolute Gasteiger partial charge is 0.511 e. The molecule has 0 aromatic heterocycles. The van der Waals surface area contributed by atoms with Crippen molar-refractivity contribution in [3.05, 3.63) is 35.4 Å². The van der Waals surface area contributed by atoms with Gasteiger partial charge in [-0.05, 0) is 36.8 Å². The second-order valence-electron chi connectivity index (χ2n) is 6.69. The first-order chi connectivity index (χ1) is 13.2. The van der Waals surface area contributed by atoms with Crippen molar-refractivity contribution in [3.8, 4) is 0 Å². The van der Waals surface area contributed by atoms with Gasteiger partial charge < -0.3 is 10.6 Å². The zero-order chi connectivity index (χ0) is 20.8. The smallest absolute Gasteiger partial charge is 0.356 e. The van der Waals surface area contributed by atoms with Gasteiger partial charge in [-0.15, -0.1) is 24.0 Å². The molecule has 2 rings (SSSR count). The Hall–Kier alpha value is -1.08. The van der Waals surface area contributed by atoms with Crippen molar-refractivity contribution >= 4 is 40.0 Å². The zero-order valence-electron chi connectivity index (χ0n) is 16.5. The summed E-state index contributed by atoms with van der Waals surface area (Å²) in [6.45, 7) is 2.43. The molecule has 0 atom stereocenters. The lowest BCUT2D eigenvalue weighted by molar-refractivity contribution is -0.0494. The van der Waals surface area contributed by atoms with Gasteiger partial charge in [0.15, 0.2) is 5.96 Å². The molecule has 0 unspecified atom stereocenters. The Morgan fingerprint density at radius 3 is 2.21 bits per heavy atom. The number of piperidine rings is 1. The molecule has 1 heterocycles. The van der Waals surface area contributed by atoms with Crippen LogP contribution in [0.1, 0.15) is 30.9 Å². The molecule has 0 spiro atoms. The zero-order valence-corrected chi connectivity index (χ0v) is 19.6. The highest BCUT2D eigenvalue weighted by atomic mass is 127. The van der Waals surface area contributed by atoms with Crippen molar-refractivity contribution in [2.24, 2.45) is 4.99 Å². The van der Waals surface area contributed by atoms with Crippen LogP contribution in [0.5, 0.6) is 0 Å². The van der Waals surface area contributed by atoms with Crippen molar-refractivity contribution in [1.29, 1.82) is 0 Å². The number of halogens is 4. The topological polar surface area (TPSA) is 73.8 Å². The third kappa shape index (κ3) is 7.28. The Morgan fingerprint density at radius 2 is 1.72 bits per heavy atom. The normalized spacial score (nSPS) is 16.9. The van der Waals surface area contributed by atoms with Gasteiger partial charge in [0.2, 0.25) is 0 Å². The number of hydrogen-bond acceptors (Lipinski definition) is 3. The van der Waals surface area contributed by atoms with E-state index in [1.807, 2.05) is 0 Å². The molecule has 0 radical (unpaired) electrons. The van der Waals surface area contributed by atoms with Crippen molar-refractivity contribution < 1.29 is 21.6 Å². The molecule has 1 fully saturated rings. The standard InChI is InChI=1S/C18H27F3N4O2S.HI/c1-3-14-4-6-15(7-5-14)8-11-23-17(22-2)24-16-9-12-25(13-10-16)28(26,27)18(19,20)21;/h4-7,16H,3,8-13H2,1-2H3,(H2,22,23,24);1H. The number of nitrogens with one attached hydrogen (secondary N) is 2. The molecular weight excluding hydrogens is 520 g/mol. The summed E-state index contributed by atoms with van der Waals surface area (Å²) in [6.07, 6.45) is 2.38. The molecule has 166 valence electrons. The molecule has 6 nitrogen and oxygen atoms in total. The van der Waals surface area contributed by atoms with E-state index in [4.69, 9.17) is 0 Å². The predicted molar refractivity (Wildman–Crippen MR) is 119 cm³/mol.